The Morgan fingerprint density at radius 1 is 0.852 bits per heavy atom. The van der Waals surface area contributed by atoms with E-state index < -0.39 is 0 Å². The number of rotatable bonds is 7. The first-order valence-electron chi connectivity index (χ1n) is 8.91. The molecule has 0 saturated carbocycles. The van der Waals surface area contributed by atoms with Crippen molar-refractivity contribution in [2.45, 2.75) is 25.9 Å². The zero-order valence-corrected chi connectivity index (χ0v) is 16.5. The number of phenolic OH excluding ortho intramolecular Hbond substituents is 1. The number of aryl methyl sites for hydroxylation is 1. The summed E-state index contributed by atoms with van der Waals surface area (Å²) in [6, 6.07) is 9.71. The van der Waals surface area contributed by atoms with Crippen LogP contribution < -0.4 is 14.2 Å². The second-order valence-electron chi connectivity index (χ2n) is 6.30. The van der Waals surface area contributed by atoms with Gasteiger partial charge in [0.2, 0.25) is 0 Å². The van der Waals surface area contributed by atoms with Crippen LogP contribution in [0.4, 0.5) is 0 Å². The van der Waals surface area contributed by atoms with Gasteiger partial charge in [-0.2, -0.15) is 0 Å². The van der Waals surface area contributed by atoms with Crippen molar-refractivity contribution in [3.63, 3.8) is 0 Å². The zero-order valence-electron chi connectivity index (χ0n) is 16.5. The third kappa shape index (κ3) is 5.05. The number of aromatic hydroxyl groups is 1. The average Bonchev–Trinajstić information content (AvgIpc) is 3.11. The average molecular weight is 375 g/mol. The van der Waals surface area contributed by atoms with E-state index in [1.54, 1.807) is 27.4 Å². The van der Waals surface area contributed by atoms with E-state index in [4.69, 9.17) is 19.3 Å². The van der Waals surface area contributed by atoms with Crippen LogP contribution in [0.5, 0.6) is 23.0 Å². The highest BCUT2D eigenvalue weighted by Crippen LogP contribution is 2.35. The quantitative estimate of drug-likeness (QED) is 0.775. The molecule has 3 rings (SSSR count). The van der Waals surface area contributed by atoms with E-state index in [1.807, 2.05) is 12.1 Å². The van der Waals surface area contributed by atoms with Crippen LogP contribution in [-0.2, 0) is 19.5 Å². The molecule has 0 unspecified atom stereocenters. The number of phenols is 1. The smallest absolute Gasteiger partial charge is 0.161 e. The highest BCUT2D eigenvalue weighted by atomic mass is 16.5. The molecule has 2 aromatic rings. The monoisotopic (exact) mass is 375 g/mol. The van der Waals surface area contributed by atoms with E-state index in [0.29, 0.717) is 5.75 Å². The van der Waals surface area contributed by atoms with E-state index in [1.165, 1.54) is 16.7 Å². The lowest BCUT2D eigenvalue weighted by atomic mass is 10.1. The largest absolute Gasteiger partial charge is 0.504 e. The SMILES string of the molecule is CO.COc1cc(CCCN2Cc3cc(OC)c(OC)cc3C2)ccc1O. The predicted octanol–water partition coefficient (Wildman–Crippen LogP) is 2.97. The lowest BCUT2D eigenvalue weighted by Crippen LogP contribution is -2.18. The number of hydrogen-bond acceptors (Lipinski definition) is 6. The molecule has 0 atom stereocenters. The summed E-state index contributed by atoms with van der Waals surface area (Å²) in [5, 5.41) is 16.7. The van der Waals surface area contributed by atoms with Gasteiger partial charge in [-0.1, -0.05) is 6.07 Å². The number of aliphatic hydroxyl groups excluding tert-OH is 1. The summed E-state index contributed by atoms with van der Waals surface area (Å²) in [5.41, 5.74) is 3.79. The molecule has 0 bridgehead atoms. The van der Waals surface area contributed by atoms with Gasteiger partial charge in [-0.3, -0.25) is 4.90 Å². The van der Waals surface area contributed by atoms with Gasteiger partial charge in [0, 0.05) is 20.2 Å². The Morgan fingerprint density at radius 2 is 1.41 bits per heavy atom. The molecule has 27 heavy (non-hydrogen) atoms. The summed E-state index contributed by atoms with van der Waals surface area (Å²) < 4.78 is 15.9. The molecule has 1 heterocycles. The lowest BCUT2D eigenvalue weighted by Gasteiger charge is -2.14. The minimum absolute atomic E-state index is 0.184. The maximum Gasteiger partial charge on any atom is 0.161 e. The summed E-state index contributed by atoms with van der Waals surface area (Å²) in [6.45, 7) is 2.89. The topological polar surface area (TPSA) is 71.4 Å². The Balaban J connectivity index is 0.00000126. The second kappa shape index (κ2) is 10.0. The van der Waals surface area contributed by atoms with Gasteiger partial charge >= 0.3 is 0 Å². The van der Waals surface area contributed by atoms with Crippen LogP contribution in [0.15, 0.2) is 30.3 Å². The van der Waals surface area contributed by atoms with E-state index >= 15 is 0 Å². The summed E-state index contributed by atoms with van der Waals surface area (Å²) >= 11 is 0. The van der Waals surface area contributed by atoms with Gasteiger partial charge in [-0.05, 0) is 60.3 Å². The van der Waals surface area contributed by atoms with Crippen molar-refractivity contribution in [2.75, 3.05) is 35.0 Å². The number of hydrogen-bond donors (Lipinski definition) is 2. The van der Waals surface area contributed by atoms with Crippen molar-refractivity contribution >= 4 is 0 Å². The number of benzene rings is 2. The normalized spacial score (nSPS) is 12.8. The van der Waals surface area contributed by atoms with Gasteiger partial charge in [0.05, 0.1) is 21.3 Å². The molecule has 148 valence electrons. The molecular weight excluding hydrogens is 346 g/mol. The molecule has 0 radical (unpaired) electrons. The number of nitrogens with zero attached hydrogens (tertiary/aromatic N) is 1. The third-order valence-electron chi connectivity index (χ3n) is 4.68. The minimum Gasteiger partial charge on any atom is -0.504 e. The molecule has 0 amide bonds. The Hall–Kier alpha value is -2.44. The summed E-state index contributed by atoms with van der Waals surface area (Å²) in [5.74, 6) is 2.30. The highest BCUT2D eigenvalue weighted by Gasteiger charge is 2.21. The molecular formula is C21H29NO5. The van der Waals surface area contributed by atoms with E-state index in [9.17, 15) is 5.11 Å². The van der Waals surface area contributed by atoms with Crippen molar-refractivity contribution in [3.8, 4) is 23.0 Å². The molecule has 0 spiro atoms. The van der Waals surface area contributed by atoms with Gasteiger partial charge in [0.25, 0.3) is 0 Å². The number of methoxy groups -OCH3 is 3. The fraction of sp³-hybridized carbons (Fsp3) is 0.429. The second-order valence-corrected chi connectivity index (χ2v) is 6.30. The molecule has 6 heteroatoms. The number of ether oxygens (including phenoxy) is 3. The van der Waals surface area contributed by atoms with Crippen molar-refractivity contribution < 1.29 is 24.4 Å². The molecule has 6 nitrogen and oxygen atoms in total. The first kappa shape index (κ1) is 20.9. The molecule has 0 saturated heterocycles. The summed E-state index contributed by atoms with van der Waals surface area (Å²) in [6.07, 6.45) is 2.01. The van der Waals surface area contributed by atoms with Crippen LogP contribution in [0.25, 0.3) is 0 Å². The fourth-order valence-electron chi connectivity index (χ4n) is 3.34. The minimum atomic E-state index is 0.184. The Bertz CT molecular complexity index is 715. The molecule has 0 aromatic heterocycles. The van der Waals surface area contributed by atoms with E-state index in [-0.39, 0.29) is 5.75 Å². The molecule has 2 aromatic carbocycles. The van der Waals surface area contributed by atoms with E-state index in [0.717, 1.165) is 51.1 Å². The van der Waals surface area contributed by atoms with Crippen LogP contribution in [0, 0.1) is 0 Å². The van der Waals surface area contributed by atoms with Crippen molar-refractivity contribution in [1.29, 1.82) is 0 Å². The van der Waals surface area contributed by atoms with Gasteiger partial charge < -0.3 is 24.4 Å². The van der Waals surface area contributed by atoms with Crippen LogP contribution in [0.2, 0.25) is 0 Å². The van der Waals surface area contributed by atoms with E-state index in [2.05, 4.69) is 17.0 Å². The molecule has 1 aliphatic heterocycles. The van der Waals surface area contributed by atoms with Crippen molar-refractivity contribution in [1.82, 2.24) is 4.90 Å². The molecule has 2 N–H and O–H groups in total. The van der Waals surface area contributed by atoms with Crippen molar-refractivity contribution in [2.24, 2.45) is 0 Å². The van der Waals surface area contributed by atoms with Crippen molar-refractivity contribution in [3.05, 3.63) is 47.0 Å². The fourth-order valence-corrected chi connectivity index (χ4v) is 3.34. The zero-order chi connectivity index (χ0) is 19.8. The number of aliphatic hydroxyl groups is 1. The third-order valence-corrected chi connectivity index (χ3v) is 4.68. The molecule has 0 aliphatic carbocycles. The Kier molecular flexibility index (Phi) is 7.76. The lowest BCUT2D eigenvalue weighted by molar-refractivity contribution is 0.280. The standard InChI is InChI=1S/C20H25NO4.CH4O/c1-23-18-9-14(6-7-17(18)22)5-4-8-21-12-15-10-19(24-2)20(25-3)11-16(15)13-21;1-2/h6-7,9-11,22H,4-5,8,12-13H2,1-3H3;2H,1H3. The Morgan fingerprint density at radius 3 is 1.93 bits per heavy atom. The number of fused-ring (bicyclic) bond motifs is 1. The maximum atomic E-state index is 9.66. The van der Waals surface area contributed by atoms with Gasteiger partial charge in [-0.25, -0.2) is 0 Å². The Labute approximate surface area is 160 Å². The maximum absolute atomic E-state index is 9.66. The first-order valence-corrected chi connectivity index (χ1v) is 8.91. The van der Waals surface area contributed by atoms with Gasteiger partial charge in [-0.15, -0.1) is 0 Å². The molecule has 1 aliphatic rings. The van der Waals surface area contributed by atoms with Crippen LogP contribution >= 0.6 is 0 Å². The highest BCUT2D eigenvalue weighted by molar-refractivity contribution is 5.48. The predicted molar refractivity (Wildman–Crippen MR) is 105 cm³/mol. The van der Waals surface area contributed by atoms with Gasteiger partial charge in [0.1, 0.15) is 0 Å². The van der Waals surface area contributed by atoms with Gasteiger partial charge in [0.15, 0.2) is 23.0 Å². The van der Waals surface area contributed by atoms with Crippen LogP contribution in [0.1, 0.15) is 23.1 Å². The summed E-state index contributed by atoms with van der Waals surface area (Å²) in [4.78, 5) is 2.43. The first-order chi connectivity index (χ1) is 13.1. The van der Waals surface area contributed by atoms with Crippen LogP contribution in [0.3, 0.4) is 0 Å². The molecule has 0 fully saturated rings. The summed E-state index contributed by atoms with van der Waals surface area (Å²) in [7, 11) is 5.91. The van der Waals surface area contributed by atoms with Crippen LogP contribution in [-0.4, -0.2) is 50.1 Å².